The van der Waals surface area contributed by atoms with Crippen LogP contribution in [0.2, 0.25) is 0 Å². The fraction of sp³-hybridized carbons (Fsp3) is 0. The van der Waals surface area contributed by atoms with Crippen LogP contribution < -0.4 is 4.90 Å². The van der Waals surface area contributed by atoms with Crippen molar-refractivity contribution >= 4 is 82.1 Å². The highest BCUT2D eigenvalue weighted by Gasteiger charge is 2.20. The number of rotatable bonds is 5. The topological polar surface area (TPSA) is 16.4 Å². The first-order chi connectivity index (χ1) is 26.8. The highest BCUT2D eigenvalue weighted by atomic mass is 16.3. The Morgan fingerprint density at radius 1 is 0.315 bits per heavy atom. The van der Waals surface area contributed by atoms with Crippen LogP contribution in [0.15, 0.2) is 205 Å². The summed E-state index contributed by atoms with van der Waals surface area (Å²) in [6.07, 6.45) is 0. The molecule has 0 unspecified atom stereocenters. The van der Waals surface area contributed by atoms with Crippen molar-refractivity contribution in [1.82, 2.24) is 0 Å². The summed E-state index contributed by atoms with van der Waals surface area (Å²) in [7, 11) is 0. The molecule has 1 aromatic heterocycles. The third-order valence-electron chi connectivity index (χ3n) is 11.0. The van der Waals surface area contributed by atoms with Crippen LogP contribution in [-0.2, 0) is 0 Å². The molecule has 252 valence electrons. The molecule has 0 N–H and O–H groups in total. The van der Waals surface area contributed by atoms with Gasteiger partial charge in [0.15, 0.2) is 0 Å². The molecule has 0 saturated heterocycles. The van der Waals surface area contributed by atoms with Gasteiger partial charge in [-0.3, -0.25) is 0 Å². The number of benzene rings is 10. The lowest BCUT2D eigenvalue weighted by Gasteiger charge is -2.27. The van der Waals surface area contributed by atoms with Crippen molar-refractivity contribution in [3.05, 3.63) is 200 Å². The molecule has 0 bridgehead atoms. The van der Waals surface area contributed by atoms with E-state index in [-0.39, 0.29) is 0 Å². The number of anilines is 3. The van der Waals surface area contributed by atoms with E-state index >= 15 is 0 Å². The molecule has 0 aliphatic carbocycles. The molecule has 0 amide bonds. The zero-order valence-corrected chi connectivity index (χ0v) is 29.4. The zero-order chi connectivity index (χ0) is 35.6. The summed E-state index contributed by atoms with van der Waals surface area (Å²) in [4.78, 5) is 2.37. The Hall–Kier alpha value is -7.16. The van der Waals surface area contributed by atoms with Gasteiger partial charge in [-0.25, -0.2) is 0 Å². The molecule has 0 aliphatic rings. The lowest BCUT2D eigenvalue weighted by molar-refractivity contribution is 0.669. The van der Waals surface area contributed by atoms with E-state index in [0.717, 1.165) is 39.0 Å². The predicted molar refractivity (Wildman–Crippen MR) is 229 cm³/mol. The van der Waals surface area contributed by atoms with Gasteiger partial charge in [0.25, 0.3) is 0 Å². The van der Waals surface area contributed by atoms with Gasteiger partial charge in [-0.15, -0.1) is 0 Å². The molecule has 54 heavy (non-hydrogen) atoms. The van der Waals surface area contributed by atoms with E-state index in [1.165, 1.54) is 65.3 Å². The molecule has 0 fully saturated rings. The van der Waals surface area contributed by atoms with Crippen LogP contribution in [0, 0.1) is 0 Å². The van der Waals surface area contributed by atoms with Crippen molar-refractivity contribution in [3.8, 4) is 22.3 Å². The molecule has 0 atom stereocenters. The summed E-state index contributed by atoms with van der Waals surface area (Å²) in [6, 6.07) is 72.3. The Kier molecular flexibility index (Phi) is 6.90. The molecule has 0 spiro atoms. The first-order valence-electron chi connectivity index (χ1n) is 18.5. The molecular formula is C52H33NO. The minimum absolute atomic E-state index is 0.872. The number of hydrogen-bond donors (Lipinski definition) is 0. The molecule has 0 saturated carbocycles. The van der Waals surface area contributed by atoms with Crippen molar-refractivity contribution in [2.45, 2.75) is 0 Å². The minimum atomic E-state index is 0.872. The van der Waals surface area contributed by atoms with E-state index in [4.69, 9.17) is 4.42 Å². The summed E-state index contributed by atoms with van der Waals surface area (Å²) >= 11 is 0. The summed E-state index contributed by atoms with van der Waals surface area (Å²) in [6.45, 7) is 0. The SMILES string of the molecule is c1ccc2c(c1)cc(-c1ccc(N(c3ccc(-c4cc5ccccc5c5ccccc45)cc3)c3cccc4oc5ccccc5c34)cc1)c1ccccc12. The Balaban J connectivity index is 1.08. The lowest BCUT2D eigenvalue weighted by Crippen LogP contribution is -2.10. The molecule has 0 aliphatic heterocycles. The Labute approximate surface area is 312 Å². The van der Waals surface area contributed by atoms with Gasteiger partial charge in [-0.05, 0) is 120 Å². The molecule has 0 radical (unpaired) electrons. The van der Waals surface area contributed by atoms with E-state index in [0.29, 0.717) is 0 Å². The molecule has 2 nitrogen and oxygen atoms in total. The quantitative estimate of drug-likeness (QED) is 0.168. The van der Waals surface area contributed by atoms with E-state index in [9.17, 15) is 0 Å². The summed E-state index contributed by atoms with van der Waals surface area (Å²) < 4.78 is 6.39. The fourth-order valence-electron chi connectivity index (χ4n) is 8.54. The Morgan fingerprint density at radius 2 is 0.741 bits per heavy atom. The zero-order valence-electron chi connectivity index (χ0n) is 29.4. The minimum Gasteiger partial charge on any atom is -0.456 e. The largest absolute Gasteiger partial charge is 0.456 e. The van der Waals surface area contributed by atoms with Crippen molar-refractivity contribution < 1.29 is 4.42 Å². The maximum absolute atomic E-state index is 6.39. The normalized spacial score (nSPS) is 11.7. The van der Waals surface area contributed by atoms with Crippen LogP contribution in [0.5, 0.6) is 0 Å². The van der Waals surface area contributed by atoms with E-state index in [2.05, 4.69) is 199 Å². The van der Waals surface area contributed by atoms with Crippen LogP contribution in [0.3, 0.4) is 0 Å². The predicted octanol–water partition coefficient (Wildman–Crippen LogP) is 15.0. The third-order valence-corrected chi connectivity index (χ3v) is 11.0. The number of fused-ring (bicyclic) bond motifs is 9. The van der Waals surface area contributed by atoms with Crippen molar-refractivity contribution in [3.63, 3.8) is 0 Å². The molecule has 10 aromatic carbocycles. The molecule has 11 aromatic rings. The number of furan rings is 1. The molecular weight excluding hydrogens is 655 g/mol. The van der Waals surface area contributed by atoms with Gasteiger partial charge in [-0.2, -0.15) is 0 Å². The van der Waals surface area contributed by atoms with E-state index in [1.807, 2.05) is 6.07 Å². The van der Waals surface area contributed by atoms with Crippen LogP contribution in [0.4, 0.5) is 17.1 Å². The molecule has 11 rings (SSSR count). The van der Waals surface area contributed by atoms with Crippen LogP contribution in [0.1, 0.15) is 0 Å². The maximum atomic E-state index is 6.39. The summed E-state index contributed by atoms with van der Waals surface area (Å²) in [5, 5.41) is 12.3. The van der Waals surface area contributed by atoms with Crippen LogP contribution in [-0.4, -0.2) is 0 Å². The van der Waals surface area contributed by atoms with Crippen molar-refractivity contribution in [1.29, 1.82) is 0 Å². The molecule has 2 heteroatoms. The van der Waals surface area contributed by atoms with Gasteiger partial charge in [0.1, 0.15) is 11.2 Å². The fourth-order valence-corrected chi connectivity index (χ4v) is 8.54. The number of hydrogen-bond acceptors (Lipinski definition) is 2. The van der Waals surface area contributed by atoms with Crippen molar-refractivity contribution in [2.75, 3.05) is 4.90 Å². The van der Waals surface area contributed by atoms with Gasteiger partial charge in [0, 0.05) is 16.8 Å². The van der Waals surface area contributed by atoms with Crippen LogP contribution >= 0.6 is 0 Å². The molecule has 1 heterocycles. The smallest absolute Gasteiger partial charge is 0.137 e. The maximum Gasteiger partial charge on any atom is 0.137 e. The highest BCUT2D eigenvalue weighted by molar-refractivity contribution is 6.16. The average molecular weight is 688 g/mol. The first-order valence-corrected chi connectivity index (χ1v) is 18.5. The highest BCUT2D eigenvalue weighted by Crippen LogP contribution is 2.45. The summed E-state index contributed by atoms with van der Waals surface area (Å²) in [5.41, 5.74) is 9.82. The Morgan fingerprint density at radius 3 is 1.28 bits per heavy atom. The van der Waals surface area contributed by atoms with Crippen LogP contribution in [0.25, 0.3) is 87.3 Å². The number of para-hydroxylation sites is 1. The van der Waals surface area contributed by atoms with Crippen molar-refractivity contribution in [2.24, 2.45) is 0 Å². The second kappa shape index (κ2) is 12.2. The van der Waals surface area contributed by atoms with Gasteiger partial charge in [0.05, 0.1) is 11.1 Å². The van der Waals surface area contributed by atoms with E-state index < -0.39 is 0 Å². The van der Waals surface area contributed by atoms with Gasteiger partial charge in [-0.1, -0.05) is 146 Å². The standard InChI is InChI=1S/C52H33NO/c1-3-14-40-36(12-1)32-47(44-18-7-5-16-42(40)44)34-24-28-38(29-25-34)53(49-21-11-23-51-52(49)46-20-9-10-22-50(46)54-51)39-30-26-35(27-31-39)48-33-37-13-2-4-15-41(37)43-17-6-8-19-45(43)48/h1-33H. The Bertz CT molecular complexity index is 3050. The average Bonchev–Trinajstić information content (AvgIpc) is 3.63. The first kappa shape index (κ1) is 30.5. The second-order valence-corrected chi connectivity index (χ2v) is 14.1. The summed E-state index contributed by atoms with van der Waals surface area (Å²) in [5.74, 6) is 0. The van der Waals surface area contributed by atoms with Gasteiger partial charge < -0.3 is 9.32 Å². The van der Waals surface area contributed by atoms with Gasteiger partial charge >= 0.3 is 0 Å². The second-order valence-electron chi connectivity index (χ2n) is 14.1. The van der Waals surface area contributed by atoms with Gasteiger partial charge in [0.2, 0.25) is 0 Å². The third kappa shape index (κ3) is 4.81. The monoisotopic (exact) mass is 687 g/mol. The number of nitrogens with zero attached hydrogens (tertiary/aromatic N) is 1. The lowest BCUT2D eigenvalue weighted by atomic mass is 9.93. The van der Waals surface area contributed by atoms with E-state index in [1.54, 1.807) is 0 Å².